The molecule has 1 aromatic heterocycles. The Balaban J connectivity index is 2.23. The van der Waals surface area contributed by atoms with Gasteiger partial charge in [-0.15, -0.1) is 5.10 Å². The van der Waals surface area contributed by atoms with Crippen molar-refractivity contribution in [1.29, 1.82) is 0 Å². The van der Waals surface area contributed by atoms with E-state index in [9.17, 15) is 0 Å². The summed E-state index contributed by atoms with van der Waals surface area (Å²) in [6.45, 7) is 2.15. The molecule has 1 N–H and O–H groups in total. The van der Waals surface area contributed by atoms with Crippen molar-refractivity contribution in [2.24, 2.45) is 0 Å². The molecule has 0 amide bonds. The van der Waals surface area contributed by atoms with Gasteiger partial charge >= 0.3 is 0 Å². The van der Waals surface area contributed by atoms with Crippen molar-refractivity contribution in [1.82, 2.24) is 14.9 Å². The van der Waals surface area contributed by atoms with Crippen molar-refractivity contribution in [2.45, 2.75) is 51.5 Å². The number of hydrogen-bond acceptors (Lipinski definition) is 4. The molecule has 0 radical (unpaired) electrons. The molecule has 0 spiro atoms. The monoisotopic (exact) mass is 251 g/mol. The third-order valence-electron chi connectivity index (χ3n) is 3.42. The number of nitrogens with zero attached hydrogens (tertiary/aromatic N) is 2. The lowest BCUT2D eigenvalue weighted by molar-refractivity contribution is 0.630. The number of nitrogens with one attached hydrogen (secondary N) is 1. The van der Waals surface area contributed by atoms with Crippen molar-refractivity contribution in [2.75, 3.05) is 7.05 Å². The normalized spacial score (nSPS) is 18.6. The van der Waals surface area contributed by atoms with Gasteiger partial charge in [0.05, 0.1) is 16.6 Å². The zero-order valence-electron chi connectivity index (χ0n) is 10.7. The Morgan fingerprint density at radius 2 is 2.29 bits per heavy atom. The second-order valence-corrected chi connectivity index (χ2v) is 5.32. The summed E-state index contributed by atoms with van der Waals surface area (Å²) in [6.07, 6.45) is 9.84. The summed E-state index contributed by atoms with van der Waals surface area (Å²) < 4.78 is 4.10. The van der Waals surface area contributed by atoms with Crippen LogP contribution in [-0.2, 0) is 6.42 Å². The summed E-state index contributed by atoms with van der Waals surface area (Å²) in [4.78, 5) is 1.31. The van der Waals surface area contributed by atoms with Crippen LogP contribution >= 0.6 is 11.5 Å². The largest absolute Gasteiger partial charge is 0.309 e. The molecule has 3 nitrogen and oxygen atoms in total. The molecule has 0 aromatic carbocycles. The minimum absolute atomic E-state index is 0.336. The Labute approximate surface area is 107 Å². The lowest BCUT2D eigenvalue weighted by atomic mass is 9.99. The molecule has 1 unspecified atom stereocenters. The van der Waals surface area contributed by atoms with Gasteiger partial charge in [-0.3, -0.25) is 0 Å². The Morgan fingerprint density at radius 3 is 3.06 bits per heavy atom. The van der Waals surface area contributed by atoms with Crippen molar-refractivity contribution in [3.8, 4) is 0 Å². The van der Waals surface area contributed by atoms with Gasteiger partial charge in [-0.1, -0.05) is 29.5 Å². The SMILES string of the molecule is CCc1nnsc1C(NC)C1=CCCCCC1. The summed E-state index contributed by atoms with van der Waals surface area (Å²) in [5.41, 5.74) is 2.69. The van der Waals surface area contributed by atoms with Crippen LogP contribution in [-0.4, -0.2) is 16.6 Å². The molecule has 0 aliphatic heterocycles. The van der Waals surface area contributed by atoms with Gasteiger partial charge in [0.1, 0.15) is 0 Å². The first-order valence-corrected chi connectivity index (χ1v) is 7.31. The van der Waals surface area contributed by atoms with E-state index in [0.29, 0.717) is 6.04 Å². The number of aryl methyl sites for hydroxylation is 1. The molecule has 1 aliphatic rings. The molecule has 0 saturated heterocycles. The molecule has 2 rings (SSSR count). The minimum atomic E-state index is 0.336. The molecule has 4 heteroatoms. The van der Waals surface area contributed by atoms with Crippen molar-refractivity contribution < 1.29 is 0 Å². The van der Waals surface area contributed by atoms with Crippen LogP contribution in [0, 0.1) is 0 Å². The van der Waals surface area contributed by atoms with E-state index in [1.54, 1.807) is 11.5 Å². The van der Waals surface area contributed by atoms with Gasteiger partial charge in [0.25, 0.3) is 0 Å². The maximum Gasteiger partial charge on any atom is 0.0804 e. The van der Waals surface area contributed by atoms with Gasteiger partial charge in [-0.2, -0.15) is 0 Å². The van der Waals surface area contributed by atoms with Crippen molar-refractivity contribution in [3.63, 3.8) is 0 Å². The topological polar surface area (TPSA) is 37.8 Å². The molecular formula is C13H21N3S. The molecule has 1 aliphatic carbocycles. The number of allylic oxidation sites excluding steroid dienone is 1. The van der Waals surface area contributed by atoms with E-state index in [0.717, 1.165) is 12.1 Å². The zero-order chi connectivity index (χ0) is 12.1. The predicted molar refractivity (Wildman–Crippen MR) is 72.3 cm³/mol. The van der Waals surface area contributed by atoms with Crippen LogP contribution in [0.25, 0.3) is 0 Å². The average Bonchev–Trinajstić information content (AvgIpc) is 2.65. The van der Waals surface area contributed by atoms with E-state index in [-0.39, 0.29) is 0 Å². The van der Waals surface area contributed by atoms with Crippen LogP contribution in [0.5, 0.6) is 0 Å². The van der Waals surface area contributed by atoms with Gasteiger partial charge in [0.2, 0.25) is 0 Å². The summed E-state index contributed by atoms with van der Waals surface area (Å²) in [6, 6.07) is 0.336. The smallest absolute Gasteiger partial charge is 0.0804 e. The molecule has 0 bridgehead atoms. The third-order valence-corrected chi connectivity index (χ3v) is 4.25. The fourth-order valence-corrected chi connectivity index (χ4v) is 3.36. The fraction of sp³-hybridized carbons (Fsp3) is 0.692. The van der Waals surface area contributed by atoms with E-state index in [2.05, 4.69) is 27.9 Å². The van der Waals surface area contributed by atoms with Gasteiger partial charge in [-0.05, 0) is 50.7 Å². The van der Waals surface area contributed by atoms with Crippen molar-refractivity contribution >= 4 is 11.5 Å². The highest BCUT2D eigenvalue weighted by Crippen LogP contribution is 2.32. The van der Waals surface area contributed by atoms with Crippen LogP contribution in [0.3, 0.4) is 0 Å². The molecule has 17 heavy (non-hydrogen) atoms. The first kappa shape index (κ1) is 12.7. The summed E-state index contributed by atoms with van der Waals surface area (Å²) in [5.74, 6) is 0. The highest BCUT2D eigenvalue weighted by Gasteiger charge is 2.21. The Kier molecular flexibility index (Phi) is 4.68. The first-order chi connectivity index (χ1) is 8.36. The second-order valence-electron chi connectivity index (χ2n) is 4.54. The van der Waals surface area contributed by atoms with Crippen LogP contribution in [0.4, 0.5) is 0 Å². The van der Waals surface area contributed by atoms with E-state index < -0.39 is 0 Å². The lowest BCUT2D eigenvalue weighted by Crippen LogP contribution is -2.19. The number of rotatable bonds is 4. The number of likely N-dealkylation sites (N-methyl/N-ethyl adjacent to an activating group) is 1. The van der Waals surface area contributed by atoms with E-state index in [1.165, 1.54) is 42.6 Å². The summed E-state index contributed by atoms with van der Waals surface area (Å²) >= 11 is 1.54. The molecule has 0 fully saturated rings. The highest BCUT2D eigenvalue weighted by molar-refractivity contribution is 7.05. The second kappa shape index (κ2) is 6.26. The van der Waals surface area contributed by atoms with E-state index >= 15 is 0 Å². The molecule has 0 saturated carbocycles. The average molecular weight is 251 g/mol. The highest BCUT2D eigenvalue weighted by atomic mass is 32.1. The predicted octanol–water partition coefficient (Wildman–Crippen LogP) is 3.25. The van der Waals surface area contributed by atoms with Gasteiger partial charge in [0, 0.05) is 0 Å². The van der Waals surface area contributed by atoms with Crippen LogP contribution in [0.2, 0.25) is 0 Å². The zero-order valence-corrected chi connectivity index (χ0v) is 11.5. The summed E-state index contributed by atoms with van der Waals surface area (Å²) in [5, 5.41) is 7.66. The van der Waals surface area contributed by atoms with E-state index in [4.69, 9.17) is 0 Å². The molecule has 1 heterocycles. The molecular weight excluding hydrogens is 230 g/mol. The maximum atomic E-state index is 4.22. The number of hydrogen-bond donors (Lipinski definition) is 1. The Hall–Kier alpha value is -0.740. The number of aromatic nitrogens is 2. The quantitative estimate of drug-likeness (QED) is 0.835. The van der Waals surface area contributed by atoms with Crippen molar-refractivity contribution in [3.05, 3.63) is 22.2 Å². The van der Waals surface area contributed by atoms with E-state index in [1.807, 2.05) is 7.05 Å². The fourth-order valence-electron chi connectivity index (χ4n) is 2.47. The molecule has 1 atom stereocenters. The van der Waals surface area contributed by atoms with Crippen LogP contribution in [0.1, 0.15) is 55.6 Å². The van der Waals surface area contributed by atoms with Gasteiger partial charge < -0.3 is 5.32 Å². The third kappa shape index (κ3) is 2.93. The van der Waals surface area contributed by atoms with Crippen LogP contribution in [0.15, 0.2) is 11.6 Å². The maximum absolute atomic E-state index is 4.22. The minimum Gasteiger partial charge on any atom is -0.309 e. The van der Waals surface area contributed by atoms with Gasteiger partial charge in [0.15, 0.2) is 0 Å². The first-order valence-electron chi connectivity index (χ1n) is 6.54. The van der Waals surface area contributed by atoms with Gasteiger partial charge in [-0.25, -0.2) is 0 Å². The Bertz CT molecular complexity index is 384. The summed E-state index contributed by atoms with van der Waals surface area (Å²) in [7, 11) is 2.04. The van der Waals surface area contributed by atoms with Crippen LogP contribution < -0.4 is 5.32 Å². The Morgan fingerprint density at radius 1 is 1.41 bits per heavy atom. The molecule has 1 aromatic rings. The standard InChI is InChI=1S/C13H21N3S/c1-3-11-13(17-16-15-11)12(14-2)10-8-6-4-5-7-9-10/h8,12,14H,3-7,9H2,1-2H3. The molecule has 94 valence electrons. The lowest BCUT2D eigenvalue weighted by Gasteiger charge is -2.18.